The summed E-state index contributed by atoms with van der Waals surface area (Å²) in [5, 5.41) is 14.0. The van der Waals surface area contributed by atoms with Crippen molar-refractivity contribution in [1.82, 2.24) is 5.43 Å². The van der Waals surface area contributed by atoms with Gasteiger partial charge in [0.25, 0.3) is 5.91 Å². The second kappa shape index (κ2) is 6.15. The van der Waals surface area contributed by atoms with E-state index in [9.17, 15) is 14.7 Å². The van der Waals surface area contributed by atoms with E-state index in [-0.39, 0.29) is 11.3 Å². The molecule has 2 N–H and O–H groups in total. The standard InChI is InChI=1S/C17H12N2O4/c20-14-7-3-1-6-12(14)10-18-19-16(21)13-9-11-5-2-4-8-15(11)23-17(13)22/h1-10,20H,(H,19,21)/b18-10+. The second-order valence-electron chi connectivity index (χ2n) is 4.74. The number of phenols is 1. The van der Waals surface area contributed by atoms with Crippen LogP contribution in [0.4, 0.5) is 0 Å². The van der Waals surface area contributed by atoms with Crippen LogP contribution in [0.1, 0.15) is 15.9 Å². The number of hydrazone groups is 1. The Bertz CT molecular complexity index is 960. The van der Waals surface area contributed by atoms with Crippen LogP contribution in [0.5, 0.6) is 5.75 Å². The minimum absolute atomic E-state index is 0.0377. The second-order valence-corrected chi connectivity index (χ2v) is 4.74. The quantitative estimate of drug-likeness (QED) is 0.441. The summed E-state index contributed by atoms with van der Waals surface area (Å²) in [6, 6.07) is 14.9. The average molecular weight is 308 g/mol. The van der Waals surface area contributed by atoms with Crippen LogP contribution < -0.4 is 11.1 Å². The van der Waals surface area contributed by atoms with Gasteiger partial charge in [0.1, 0.15) is 16.9 Å². The minimum Gasteiger partial charge on any atom is -0.507 e. The Balaban J connectivity index is 1.82. The van der Waals surface area contributed by atoms with Gasteiger partial charge in [0.15, 0.2) is 0 Å². The minimum atomic E-state index is -0.737. The third-order valence-electron chi connectivity index (χ3n) is 3.19. The molecule has 0 radical (unpaired) electrons. The molecule has 1 amide bonds. The first-order valence-corrected chi connectivity index (χ1v) is 6.79. The lowest BCUT2D eigenvalue weighted by Gasteiger charge is -2.01. The number of benzene rings is 2. The van der Waals surface area contributed by atoms with Crippen molar-refractivity contribution in [2.24, 2.45) is 5.10 Å². The number of carbonyl (C=O) groups is 1. The fourth-order valence-corrected chi connectivity index (χ4v) is 2.04. The summed E-state index contributed by atoms with van der Waals surface area (Å²) >= 11 is 0. The summed E-state index contributed by atoms with van der Waals surface area (Å²) in [5.74, 6) is -0.646. The van der Waals surface area contributed by atoms with Crippen LogP contribution in [0.2, 0.25) is 0 Å². The van der Waals surface area contributed by atoms with Crippen LogP contribution in [0.15, 0.2) is 68.9 Å². The third-order valence-corrected chi connectivity index (χ3v) is 3.19. The molecular weight excluding hydrogens is 296 g/mol. The van der Waals surface area contributed by atoms with Gasteiger partial charge in [-0.1, -0.05) is 30.3 Å². The summed E-state index contributed by atoms with van der Waals surface area (Å²) in [6.07, 6.45) is 1.29. The summed E-state index contributed by atoms with van der Waals surface area (Å²) in [7, 11) is 0. The first-order chi connectivity index (χ1) is 11.1. The highest BCUT2D eigenvalue weighted by Gasteiger charge is 2.12. The van der Waals surface area contributed by atoms with E-state index >= 15 is 0 Å². The highest BCUT2D eigenvalue weighted by Crippen LogP contribution is 2.13. The van der Waals surface area contributed by atoms with Crippen LogP contribution in [-0.4, -0.2) is 17.2 Å². The predicted octanol–water partition coefficient (Wildman–Crippen LogP) is 2.26. The number of fused-ring (bicyclic) bond motifs is 1. The van der Waals surface area contributed by atoms with Crippen molar-refractivity contribution in [3.63, 3.8) is 0 Å². The van der Waals surface area contributed by atoms with Crippen molar-refractivity contribution in [3.05, 3.63) is 76.1 Å². The highest BCUT2D eigenvalue weighted by atomic mass is 16.4. The van der Waals surface area contributed by atoms with E-state index < -0.39 is 11.5 Å². The molecule has 2 aromatic carbocycles. The van der Waals surface area contributed by atoms with Gasteiger partial charge in [-0.25, -0.2) is 10.2 Å². The number of phenolic OH excluding ortho intramolecular Hbond substituents is 1. The van der Waals surface area contributed by atoms with E-state index in [4.69, 9.17) is 4.42 Å². The Kier molecular flexibility index (Phi) is 3.88. The molecule has 0 aliphatic rings. The van der Waals surface area contributed by atoms with Gasteiger partial charge < -0.3 is 9.52 Å². The van der Waals surface area contributed by atoms with Gasteiger partial charge in [-0.2, -0.15) is 5.10 Å². The summed E-state index contributed by atoms with van der Waals surface area (Å²) in [5.41, 5.74) is 2.21. The number of hydrogen-bond acceptors (Lipinski definition) is 5. The number of carbonyl (C=O) groups excluding carboxylic acids is 1. The molecule has 0 unspecified atom stereocenters. The van der Waals surface area contributed by atoms with Gasteiger partial charge in [0.2, 0.25) is 0 Å². The fraction of sp³-hybridized carbons (Fsp3) is 0. The molecule has 0 atom stereocenters. The summed E-state index contributed by atoms with van der Waals surface area (Å²) < 4.78 is 5.09. The highest BCUT2D eigenvalue weighted by molar-refractivity contribution is 5.97. The monoisotopic (exact) mass is 308 g/mol. The lowest BCUT2D eigenvalue weighted by atomic mass is 10.2. The largest absolute Gasteiger partial charge is 0.507 e. The van der Waals surface area contributed by atoms with Gasteiger partial charge in [-0.3, -0.25) is 4.79 Å². The zero-order valence-electron chi connectivity index (χ0n) is 11.9. The van der Waals surface area contributed by atoms with Crippen LogP contribution in [-0.2, 0) is 0 Å². The third kappa shape index (κ3) is 3.11. The van der Waals surface area contributed by atoms with E-state index in [0.29, 0.717) is 16.5 Å². The van der Waals surface area contributed by atoms with Crippen molar-refractivity contribution in [3.8, 4) is 5.75 Å². The molecule has 0 fully saturated rings. The normalized spacial score (nSPS) is 11.0. The van der Waals surface area contributed by atoms with E-state index in [0.717, 1.165) is 0 Å². The topological polar surface area (TPSA) is 91.9 Å². The molecule has 3 aromatic rings. The number of para-hydroxylation sites is 2. The van der Waals surface area contributed by atoms with Gasteiger partial charge in [0, 0.05) is 10.9 Å². The van der Waals surface area contributed by atoms with E-state index in [1.165, 1.54) is 18.3 Å². The average Bonchev–Trinajstić information content (AvgIpc) is 2.56. The Hall–Kier alpha value is -3.41. The SMILES string of the molecule is O=C(N/N=C/c1ccccc1O)c1cc2ccccc2oc1=O. The Morgan fingerprint density at radius 1 is 1.13 bits per heavy atom. The van der Waals surface area contributed by atoms with Crippen LogP contribution in [0, 0.1) is 0 Å². The van der Waals surface area contributed by atoms with Crippen molar-refractivity contribution in [1.29, 1.82) is 0 Å². The zero-order valence-corrected chi connectivity index (χ0v) is 11.9. The van der Waals surface area contributed by atoms with Crippen LogP contribution in [0.25, 0.3) is 11.0 Å². The van der Waals surface area contributed by atoms with Gasteiger partial charge in [0.05, 0.1) is 6.21 Å². The molecule has 114 valence electrons. The Morgan fingerprint density at radius 2 is 1.87 bits per heavy atom. The molecule has 6 heteroatoms. The Labute approximate surface area is 130 Å². The number of nitrogens with zero attached hydrogens (tertiary/aromatic N) is 1. The van der Waals surface area contributed by atoms with Crippen molar-refractivity contribution < 1.29 is 14.3 Å². The number of hydrogen-bond donors (Lipinski definition) is 2. The van der Waals surface area contributed by atoms with Gasteiger partial charge >= 0.3 is 5.63 Å². The molecule has 0 bridgehead atoms. The van der Waals surface area contributed by atoms with Crippen molar-refractivity contribution >= 4 is 23.1 Å². The summed E-state index contributed by atoms with van der Waals surface area (Å²) in [6.45, 7) is 0. The molecule has 0 aliphatic carbocycles. The molecule has 23 heavy (non-hydrogen) atoms. The maximum atomic E-state index is 12.0. The molecular formula is C17H12N2O4. The first-order valence-electron chi connectivity index (χ1n) is 6.79. The van der Waals surface area contributed by atoms with E-state index in [2.05, 4.69) is 10.5 Å². The Morgan fingerprint density at radius 3 is 2.70 bits per heavy atom. The van der Waals surface area contributed by atoms with Crippen LogP contribution in [0.3, 0.4) is 0 Å². The lowest BCUT2D eigenvalue weighted by molar-refractivity contribution is 0.0951. The van der Waals surface area contributed by atoms with Crippen molar-refractivity contribution in [2.75, 3.05) is 0 Å². The number of amides is 1. The van der Waals surface area contributed by atoms with Gasteiger partial charge in [-0.15, -0.1) is 0 Å². The summed E-state index contributed by atoms with van der Waals surface area (Å²) in [4.78, 5) is 23.9. The van der Waals surface area contributed by atoms with E-state index in [1.807, 2.05) is 0 Å². The molecule has 0 saturated carbocycles. The number of rotatable bonds is 3. The van der Waals surface area contributed by atoms with Crippen LogP contribution >= 0.6 is 0 Å². The zero-order chi connectivity index (χ0) is 16.2. The smallest absolute Gasteiger partial charge is 0.349 e. The van der Waals surface area contributed by atoms with Gasteiger partial charge in [-0.05, 0) is 24.3 Å². The molecule has 0 spiro atoms. The number of nitrogens with one attached hydrogen (secondary N) is 1. The van der Waals surface area contributed by atoms with E-state index in [1.54, 1.807) is 42.5 Å². The molecule has 6 nitrogen and oxygen atoms in total. The maximum absolute atomic E-state index is 12.0. The maximum Gasteiger partial charge on any atom is 0.349 e. The first kappa shape index (κ1) is 14.5. The fourth-order valence-electron chi connectivity index (χ4n) is 2.04. The molecule has 3 rings (SSSR count). The lowest BCUT2D eigenvalue weighted by Crippen LogP contribution is -2.24. The molecule has 0 aliphatic heterocycles. The molecule has 0 saturated heterocycles. The molecule has 1 aromatic heterocycles. The molecule has 1 heterocycles. The number of aromatic hydroxyl groups is 1. The van der Waals surface area contributed by atoms with Crippen molar-refractivity contribution in [2.45, 2.75) is 0 Å². The predicted molar refractivity (Wildman–Crippen MR) is 85.7 cm³/mol.